The summed E-state index contributed by atoms with van der Waals surface area (Å²) < 4.78 is 15.4. The third-order valence-electron chi connectivity index (χ3n) is 3.96. The molecule has 0 aliphatic rings. The number of hydrogen-bond acceptors (Lipinski definition) is 6. The molecule has 134 valence electrons. The first-order valence-electron chi connectivity index (χ1n) is 7.99. The Morgan fingerprint density at radius 2 is 1.81 bits per heavy atom. The van der Waals surface area contributed by atoms with Crippen LogP contribution in [0.5, 0.6) is 0 Å². The maximum atomic E-state index is 13.7. The fourth-order valence-corrected chi connectivity index (χ4v) is 2.63. The van der Waals surface area contributed by atoms with E-state index in [9.17, 15) is 9.18 Å². The highest BCUT2D eigenvalue weighted by atomic mass is 19.1. The van der Waals surface area contributed by atoms with Crippen molar-refractivity contribution in [2.45, 2.75) is 0 Å². The molecule has 2 aromatic heterocycles. The molecule has 0 atom stereocenters. The fourth-order valence-electron chi connectivity index (χ4n) is 2.63. The van der Waals surface area contributed by atoms with Crippen LogP contribution in [-0.2, 0) is 0 Å². The van der Waals surface area contributed by atoms with Gasteiger partial charge in [0.05, 0.1) is 16.6 Å². The topological polar surface area (TPSA) is 111 Å². The number of carbonyl (C=O) groups is 1. The number of imidazole rings is 1. The van der Waals surface area contributed by atoms with E-state index in [0.717, 1.165) is 11.0 Å². The summed E-state index contributed by atoms with van der Waals surface area (Å²) in [6.45, 7) is 0. The highest BCUT2D eigenvalue weighted by Gasteiger charge is 2.15. The number of halogens is 1. The molecule has 2 aromatic carbocycles. The quantitative estimate of drug-likeness (QED) is 0.480. The van der Waals surface area contributed by atoms with Gasteiger partial charge in [-0.1, -0.05) is 24.3 Å². The van der Waals surface area contributed by atoms with E-state index in [-0.39, 0.29) is 17.1 Å². The average Bonchev–Trinajstić information content (AvgIpc) is 3.11. The molecule has 9 heteroatoms. The second-order valence-electron chi connectivity index (χ2n) is 5.62. The van der Waals surface area contributed by atoms with Crippen LogP contribution in [0.2, 0.25) is 0 Å². The summed E-state index contributed by atoms with van der Waals surface area (Å²) >= 11 is 0. The smallest absolute Gasteiger partial charge is 0.272 e. The van der Waals surface area contributed by atoms with Crippen molar-refractivity contribution in [1.29, 1.82) is 0 Å². The number of hydrazine groups is 1. The van der Waals surface area contributed by atoms with E-state index in [2.05, 4.69) is 25.8 Å². The molecule has 0 fully saturated rings. The summed E-state index contributed by atoms with van der Waals surface area (Å²) in [5.74, 6) is -0.692. The molecule has 0 spiro atoms. The van der Waals surface area contributed by atoms with E-state index < -0.39 is 11.7 Å². The average molecular weight is 363 g/mol. The van der Waals surface area contributed by atoms with Crippen LogP contribution in [0.3, 0.4) is 0 Å². The van der Waals surface area contributed by atoms with Crippen LogP contribution in [0, 0.1) is 5.82 Å². The summed E-state index contributed by atoms with van der Waals surface area (Å²) in [7, 11) is 0. The van der Waals surface area contributed by atoms with Gasteiger partial charge in [0, 0.05) is 0 Å². The van der Waals surface area contributed by atoms with Gasteiger partial charge in [-0.25, -0.2) is 19.3 Å². The molecule has 1 amide bonds. The zero-order valence-corrected chi connectivity index (χ0v) is 13.9. The predicted molar refractivity (Wildman–Crippen MR) is 98.6 cm³/mol. The van der Waals surface area contributed by atoms with Crippen LogP contribution in [0.1, 0.15) is 10.4 Å². The number of rotatable bonds is 4. The van der Waals surface area contributed by atoms with Gasteiger partial charge in [0.2, 0.25) is 0 Å². The lowest BCUT2D eigenvalue weighted by atomic mass is 10.2. The van der Waals surface area contributed by atoms with Gasteiger partial charge in [0.1, 0.15) is 24.2 Å². The number of nitrogens with two attached hydrogens (primary N) is 1. The normalized spacial score (nSPS) is 10.7. The Morgan fingerprint density at radius 1 is 1.04 bits per heavy atom. The minimum absolute atomic E-state index is 0.0987. The van der Waals surface area contributed by atoms with E-state index >= 15 is 0 Å². The number of nitrogen functional groups attached to an aromatic ring is 1. The van der Waals surface area contributed by atoms with Gasteiger partial charge < -0.3 is 5.73 Å². The summed E-state index contributed by atoms with van der Waals surface area (Å²) in [6.07, 6.45) is 2.91. The molecule has 0 unspecified atom stereocenters. The number of fused-ring (bicyclic) bond motifs is 1. The second kappa shape index (κ2) is 6.71. The molecule has 4 N–H and O–H groups in total. The molecule has 0 bridgehead atoms. The van der Waals surface area contributed by atoms with Crippen molar-refractivity contribution in [1.82, 2.24) is 24.9 Å². The van der Waals surface area contributed by atoms with Gasteiger partial charge in [-0.3, -0.25) is 20.2 Å². The Bertz CT molecular complexity index is 1140. The lowest BCUT2D eigenvalue weighted by Gasteiger charge is -2.13. The van der Waals surface area contributed by atoms with Gasteiger partial charge in [0.25, 0.3) is 5.91 Å². The number of hydrogen-bond donors (Lipinski definition) is 3. The fraction of sp³-hybridized carbons (Fsp3) is 0. The first kappa shape index (κ1) is 16.5. The lowest BCUT2D eigenvalue weighted by Crippen LogP contribution is -2.31. The second-order valence-corrected chi connectivity index (χ2v) is 5.62. The van der Waals surface area contributed by atoms with Crippen LogP contribution in [0.15, 0.2) is 61.2 Å². The summed E-state index contributed by atoms with van der Waals surface area (Å²) in [6, 6.07) is 13.2. The molecule has 2 heterocycles. The predicted octanol–water partition coefficient (Wildman–Crippen LogP) is 2.29. The minimum atomic E-state index is -0.652. The SMILES string of the molecule is Nc1c(NNC(=O)c2ccccc2F)ncnc1-n1cnc2ccccc21. The van der Waals surface area contributed by atoms with E-state index in [1.54, 1.807) is 17.0 Å². The maximum Gasteiger partial charge on any atom is 0.272 e. The Hall–Kier alpha value is -4.01. The molecule has 27 heavy (non-hydrogen) atoms. The van der Waals surface area contributed by atoms with Crippen molar-refractivity contribution in [3.05, 3.63) is 72.6 Å². The van der Waals surface area contributed by atoms with Crippen LogP contribution in [0.4, 0.5) is 15.9 Å². The Balaban J connectivity index is 1.61. The van der Waals surface area contributed by atoms with E-state index in [1.807, 2.05) is 24.3 Å². The minimum Gasteiger partial charge on any atom is -0.393 e. The van der Waals surface area contributed by atoms with E-state index in [1.165, 1.54) is 24.5 Å². The number of nitrogens with zero attached hydrogens (tertiary/aromatic N) is 4. The maximum absolute atomic E-state index is 13.7. The largest absolute Gasteiger partial charge is 0.393 e. The van der Waals surface area contributed by atoms with Crippen molar-refractivity contribution < 1.29 is 9.18 Å². The Morgan fingerprint density at radius 3 is 2.67 bits per heavy atom. The standard InChI is InChI=1S/C18H14FN7O/c19-12-6-2-1-5-11(12)18(27)25-24-16-15(20)17(22-9-21-16)26-10-23-13-7-3-4-8-14(13)26/h1-10H,20H2,(H,25,27)(H,21,22,24). The van der Waals surface area contributed by atoms with Crippen LogP contribution in [-0.4, -0.2) is 25.4 Å². The molecular weight excluding hydrogens is 349 g/mol. The highest BCUT2D eigenvalue weighted by Crippen LogP contribution is 2.24. The Labute approximate surface area is 152 Å². The van der Waals surface area contributed by atoms with Gasteiger partial charge in [-0.05, 0) is 24.3 Å². The molecule has 8 nitrogen and oxygen atoms in total. The first-order valence-corrected chi connectivity index (χ1v) is 7.99. The first-order chi connectivity index (χ1) is 13.1. The van der Waals surface area contributed by atoms with Gasteiger partial charge in [-0.15, -0.1) is 0 Å². The number of benzene rings is 2. The molecular formula is C18H14FN7O. The van der Waals surface area contributed by atoms with Crippen molar-refractivity contribution in [2.24, 2.45) is 0 Å². The number of anilines is 2. The highest BCUT2D eigenvalue weighted by molar-refractivity contribution is 5.95. The molecule has 0 radical (unpaired) electrons. The van der Waals surface area contributed by atoms with Gasteiger partial charge in [-0.2, -0.15) is 0 Å². The van der Waals surface area contributed by atoms with Crippen molar-refractivity contribution in [2.75, 3.05) is 11.2 Å². The monoisotopic (exact) mass is 363 g/mol. The molecule has 0 aliphatic carbocycles. The van der Waals surface area contributed by atoms with E-state index in [4.69, 9.17) is 5.73 Å². The van der Waals surface area contributed by atoms with Crippen LogP contribution >= 0.6 is 0 Å². The van der Waals surface area contributed by atoms with Crippen molar-refractivity contribution in [3.8, 4) is 5.82 Å². The Kier molecular flexibility index (Phi) is 4.09. The third-order valence-corrected chi connectivity index (χ3v) is 3.96. The number of nitrogens with one attached hydrogen (secondary N) is 2. The van der Waals surface area contributed by atoms with Crippen LogP contribution in [0.25, 0.3) is 16.9 Å². The molecule has 4 aromatic rings. The zero-order chi connectivity index (χ0) is 18.8. The number of amides is 1. The summed E-state index contributed by atoms with van der Waals surface area (Å²) in [5.41, 5.74) is 12.9. The van der Waals surface area contributed by atoms with Crippen molar-refractivity contribution >= 4 is 28.4 Å². The summed E-state index contributed by atoms with van der Waals surface area (Å²) in [4.78, 5) is 24.7. The van der Waals surface area contributed by atoms with E-state index in [0.29, 0.717) is 5.82 Å². The zero-order valence-electron chi connectivity index (χ0n) is 13.9. The molecule has 0 saturated heterocycles. The number of carbonyl (C=O) groups excluding carboxylic acids is 1. The number of para-hydroxylation sites is 2. The van der Waals surface area contributed by atoms with Crippen LogP contribution < -0.4 is 16.6 Å². The van der Waals surface area contributed by atoms with Gasteiger partial charge in [0.15, 0.2) is 11.6 Å². The van der Waals surface area contributed by atoms with Crippen molar-refractivity contribution in [3.63, 3.8) is 0 Å². The summed E-state index contributed by atoms with van der Waals surface area (Å²) in [5, 5.41) is 0. The van der Waals surface area contributed by atoms with Gasteiger partial charge >= 0.3 is 0 Å². The number of aromatic nitrogens is 4. The third kappa shape index (κ3) is 3.01. The molecule has 0 saturated carbocycles. The molecule has 0 aliphatic heterocycles. The molecule has 4 rings (SSSR count). The lowest BCUT2D eigenvalue weighted by molar-refractivity contribution is 0.0958.